The maximum absolute atomic E-state index is 9.60. The van der Waals surface area contributed by atoms with Gasteiger partial charge in [-0.3, -0.25) is 0 Å². The topological polar surface area (TPSA) is 62.5 Å². The van der Waals surface area contributed by atoms with Gasteiger partial charge >= 0.3 is 6.09 Å². The molecule has 42 valence electrons. The normalized spacial score (nSPS) is 5.86. The molecule has 5 heteroatoms. The molecule has 0 heterocycles. The molecule has 0 aromatic rings. The fraction of sp³-hybridized carbons (Fsp3) is 0.500. The molecule has 0 saturated heterocycles. The summed E-state index contributed by atoms with van der Waals surface area (Å²) in [6, 6.07) is 0. The molecule has 0 saturated carbocycles. The molecule has 0 spiro atoms. The number of halogens is 1. The van der Waals surface area contributed by atoms with E-state index in [0.29, 0.717) is 0 Å². The van der Waals surface area contributed by atoms with Crippen molar-refractivity contribution in [1.82, 2.24) is 0 Å². The Bertz CT molecular complexity index is 74.1. The molecule has 0 aromatic carbocycles. The second-order valence-electron chi connectivity index (χ2n) is 0.582. The van der Waals surface area contributed by atoms with E-state index < -0.39 is 6.09 Å². The third kappa shape index (κ3) is 5.36. The van der Waals surface area contributed by atoms with Gasteiger partial charge in [0.05, 0.1) is 7.11 Å². The standard InChI is InChI=1S/C2H4N2O2.ClH/c1-6-2(5)4-3;/h3H,1H3;1H. The molecule has 0 atom stereocenters. The molecule has 0 rings (SSSR count). The van der Waals surface area contributed by atoms with Gasteiger partial charge in [0.1, 0.15) is 0 Å². The van der Waals surface area contributed by atoms with E-state index in [2.05, 4.69) is 9.85 Å². The van der Waals surface area contributed by atoms with Gasteiger partial charge in [0.2, 0.25) is 0 Å². The molecule has 0 aliphatic heterocycles. The first-order chi connectivity index (χ1) is 2.81. The fourth-order valence-electron chi connectivity index (χ4n) is 0.0456. The maximum Gasteiger partial charge on any atom is 0.451 e. The van der Waals surface area contributed by atoms with Crippen LogP contribution in [0, 0.1) is 5.53 Å². The van der Waals surface area contributed by atoms with Gasteiger partial charge in [-0.05, 0) is 0 Å². The summed E-state index contributed by atoms with van der Waals surface area (Å²) in [5, 5.41) is 2.40. The lowest BCUT2D eigenvalue weighted by molar-refractivity contribution is 0.180. The predicted octanol–water partition coefficient (Wildman–Crippen LogP) is 1.21. The minimum absolute atomic E-state index is 0. The lowest BCUT2D eigenvalue weighted by Crippen LogP contribution is -1.87. The lowest BCUT2D eigenvalue weighted by atomic mass is 11.2. The molecule has 0 aliphatic carbocycles. The third-order valence-electron chi connectivity index (χ3n) is 0.266. The third-order valence-corrected chi connectivity index (χ3v) is 0.266. The molecule has 1 amide bonds. The van der Waals surface area contributed by atoms with E-state index in [1.54, 1.807) is 0 Å². The van der Waals surface area contributed by atoms with E-state index in [9.17, 15) is 4.79 Å². The highest BCUT2D eigenvalue weighted by Crippen LogP contribution is 1.72. The van der Waals surface area contributed by atoms with E-state index in [1.165, 1.54) is 7.11 Å². The van der Waals surface area contributed by atoms with E-state index in [4.69, 9.17) is 5.53 Å². The van der Waals surface area contributed by atoms with Crippen molar-refractivity contribution in [3.8, 4) is 0 Å². The van der Waals surface area contributed by atoms with Crippen molar-refractivity contribution in [3.63, 3.8) is 0 Å². The van der Waals surface area contributed by atoms with E-state index >= 15 is 0 Å². The van der Waals surface area contributed by atoms with Crippen LogP contribution in [0.25, 0.3) is 0 Å². The van der Waals surface area contributed by atoms with E-state index in [1.807, 2.05) is 0 Å². The van der Waals surface area contributed by atoms with Gasteiger partial charge in [-0.15, -0.1) is 12.4 Å². The number of carbonyl (C=O) groups excluding carboxylic acids is 1. The Morgan fingerprint density at radius 3 is 2.29 bits per heavy atom. The summed E-state index contributed by atoms with van der Waals surface area (Å²) in [5.74, 6) is 0. The molecule has 0 aromatic heterocycles. The Balaban J connectivity index is 0. The number of hydrogen-bond acceptors (Lipinski definition) is 3. The van der Waals surface area contributed by atoms with E-state index in [-0.39, 0.29) is 12.4 Å². The van der Waals surface area contributed by atoms with Crippen molar-refractivity contribution < 1.29 is 9.53 Å². The van der Waals surface area contributed by atoms with Gasteiger partial charge in [0, 0.05) is 0 Å². The van der Waals surface area contributed by atoms with Crippen LogP contribution in [0.2, 0.25) is 0 Å². The number of ether oxygens (including phenoxy) is 1. The Morgan fingerprint density at radius 2 is 2.29 bits per heavy atom. The van der Waals surface area contributed by atoms with Crippen LogP contribution >= 0.6 is 12.4 Å². The van der Waals surface area contributed by atoms with Crippen molar-refractivity contribution in [3.05, 3.63) is 0 Å². The van der Waals surface area contributed by atoms with Crippen LogP contribution < -0.4 is 0 Å². The van der Waals surface area contributed by atoms with Crippen molar-refractivity contribution >= 4 is 18.5 Å². The van der Waals surface area contributed by atoms with Crippen LogP contribution in [0.3, 0.4) is 0 Å². The van der Waals surface area contributed by atoms with Crippen LogP contribution in [0.5, 0.6) is 0 Å². The zero-order valence-corrected chi connectivity index (χ0v) is 4.49. The van der Waals surface area contributed by atoms with Gasteiger partial charge in [-0.2, -0.15) is 5.53 Å². The molecule has 0 unspecified atom stereocenters. The van der Waals surface area contributed by atoms with E-state index in [0.717, 1.165) is 0 Å². The monoisotopic (exact) mass is 124 g/mol. The smallest absolute Gasteiger partial charge is 0.450 e. The summed E-state index contributed by atoms with van der Waals surface area (Å²) in [7, 11) is 1.17. The first-order valence-electron chi connectivity index (χ1n) is 1.26. The highest BCUT2D eigenvalue weighted by atomic mass is 35.5. The van der Waals surface area contributed by atoms with Gasteiger partial charge in [-0.25, -0.2) is 4.79 Å². The number of nitrogens with one attached hydrogen (secondary N) is 1. The molecule has 0 fully saturated rings. The van der Waals surface area contributed by atoms with Crippen LogP contribution in [0.4, 0.5) is 4.79 Å². The summed E-state index contributed by atoms with van der Waals surface area (Å²) in [4.78, 5) is 9.60. The average molecular weight is 125 g/mol. The minimum atomic E-state index is -0.866. The summed E-state index contributed by atoms with van der Waals surface area (Å²) in [6.45, 7) is 0. The number of methoxy groups -OCH3 is 1. The van der Waals surface area contributed by atoms with Gasteiger partial charge in [0.15, 0.2) is 0 Å². The quantitative estimate of drug-likeness (QED) is 0.494. The first-order valence-corrected chi connectivity index (χ1v) is 1.26. The second-order valence-corrected chi connectivity index (χ2v) is 0.582. The molecule has 0 radical (unpaired) electrons. The molecule has 4 nitrogen and oxygen atoms in total. The Kier molecular flexibility index (Phi) is 7.36. The molecule has 1 N–H and O–H groups in total. The SMILES string of the molecule is COC(=O)N=N.Cl. The lowest BCUT2D eigenvalue weighted by Gasteiger charge is -1.80. The van der Waals surface area contributed by atoms with Gasteiger partial charge in [0.25, 0.3) is 0 Å². The number of nitrogens with zero attached hydrogens (tertiary/aromatic N) is 1. The number of carbonyl (C=O) groups is 1. The maximum atomic E-state index is 9.60. The minimum Gasteiger partial charge on any atom is -0.450 e. The highest BCUT2D eigenvalue weighted by molar-refractivity contribution is 5.85. The predicted molar refractivity (Wildman–Crippen MR) is 24.8 cm³/mol. The zero-order chi connectivity index (χ0) is 4.99. The fourth-order valence-corrected chi connectivity index (χ4v) is 0.0456. The largest absolute Gasteiger partial charge is 0.451 e. The molecule has 7 heavy (non-hydrogen) atoms. The van der Waals surface area contributed by atoms with Crippen molar-refractivity contribution in [2.75, 3.05) is 7.11 Å². The average Bonchev–Trinajstić information content (AvgIpc) is 1.65. The Morgan fingerprint density at radius 1 is 1.86 bits per heavy atom. The molecular weight excluding hydrogens is 119 g/mol. The number of amides is 1. The van der Waals surface area contributed by atoms with Crippen LogP contribution in [0.15, 0.2) is 5.11 Å². The number of rotatable bonds is 0. The van der Waals surface area contributed by atoms with Crippen LogP contribution in [0.1, 0.15) is 0 Å². The summed E-state index contributed by atoms with van der Waals surface area (Å²) in [6.07, 6.45) is -0.866. The highest BCUT2D eigenvalue weighted by Gasteiger charge is 1.86. The van der Waals surface area contributed by atoms with Crippen molar-refractivity contribution in [2.45, 2.75) is 0 Å². The van der Waals surface area contributed by atoms with Gasteiger partial charge in [-0.1, -0.05) is 5.11 Å². The second kappa shape index (κ2) is 5.36. The van der Waals surface area contributed by atoms with Crippen molar-refractivity contribution in [2.24, 2.45) is 5.11 Å². The molecule has 0 aliphatic rings. The van der Waals surface area contributed by atoms with Crippen LogP contribution in [-0.2, 0) is 4.74 Å². The summed E-state index contributed by atoms with van der Waals surface area (Å²) >= 11 is 0. The van der Waals surface area contributed by atoms with Crippen LogP contribution in [-0.4, -0.2) is 13.2 Å². The van der Waals surface area contributed by atoms with Gasteiger partial charge < -0.3 is 4.74 Å². The zero-order valence-electron chi connectivity index (χ0n) is 3.67. The number of hydrogen-bond donors (Lipinski definition) is 1. The summed E-state index contributed by atoms with van der Waals surface area (Å²) in [5.41, 5.74) is 5.96. The van der Waals surface area contributed by atoms with Crippen molar-refractivity contribution in [1.29, 1.82) is 5.53 Å². The summed E-state index contributed by atoms with van der Waals surface area (Å²) < 4.78 is 3.91. The molecular formula is C2H5ClN2O2. The first kappa shape index (κ1) is 9.61. The Hall–Kier alpha value is -0.640. The Labute approximate surface area is 46.8 Å². The molecule has 0 bridgehead atoms.